The normalized spacial score (nSPS) is 17.9. The van der Waals surface area contributed by atoms with Crippen molar-refractivity contribution in [1.29, 1.82) is 0 Å². The Morgan fingerprint density at radius 3 is 2.82 bits per heavy atom. The topological polar surface area (TPSA) is 47.3 Å². The minimum absolute atomic E-state index is 0.416. The van der Waals surface area contributed by atoms with Crippen LogP contribution in [0.3, 0.4) is 0 Å². The SMILES string of the molecule is CNCc1coc(OCC2CCCCCC2)n1. The van der Waals surface area contributed by atoms with Gasteiger partial charge in [-0.15, -0.1) is 0 Å². The van der Waals surface area contributed by atoms with E-state index in [2.05, 4.69) is 10.3 Å². The first kappa shape index (κ1) is 12.4. The van der Waals surface area contributed by atoms with Gasteiger partial charge in [-0.25, -0.2) is 0 Å². The van der Waals surface area contributed by atoms with Crippen molar-refractivity contribution in [3.63, 3.8) is 0 Å². The van der Waals surface area contributed by atoms with Crippen LogP contribution >= 0.6 is 0 Å². The Bertz CT molecular complexity index is 317. The Labute approximate surface area is 103 Å². The molecule has 0 aromatic carbocycles. The van der Waals surface area contributed by atoms with Crippen molar-refractivity contribution < 1.29 is 9.15 Å². The zero-order valence-corrected chi connectivity index (χ0v) is 10.6. The van der Waals surface area contributed by atoms with Gasteiger partial charge in [-0.1, -0.05) is 25.7 Å². The van der Waals surface area contributed by atoms with E-state index in [0.717, 1.165) is 18.8 Å². The lowest BCUT2D eigenvalue weighted by Crippen LogP contribution is -2.11. The first-order valence-corrected chi connectivity index (χ1v) is 6.60. The molecule has 0 saturated heterocycles. The van der Waals surface area contributed by atoms with Crippen LogP contribution in [0.2, 0.25) is 0 Å². The van der Waals surface area contributed by atoms with Crippen LogP contribution in [0.5, 0.6) is 6.08 Å². The van der Waals surface area contributed by atoms with Crippen LogP contribution in [-0.4, -0.2) is 18.6 Å². The average molecular weight is 238 g/mol. The van der Waals surface area contributed by atoms with E-state index in [1.54, 1.807) is 6.26 Å². The molecule has 0 atom stereocenters. The van der Waals surface area contributed by atoms with Crippen molar-refractivity contribution in [2.75, 3.05) is 13.7 Å². The van der Waals surface area contributed by atoms with Gasteiger partial charge in [0.2, 0.25) is 0 Å². The summed E-state index contributed by atoms with van der Waals surface area (Å²) in [6.07, 6.45) is 10.1. The number of oxazole rings is 1. The predicted octanol–water partition coefficient (Wildman–Crippen LogP) is 2.74. The molecular weight excluding hydrogens is 216 g/mol. The molecule has 0 bridgehead atoms. The molecule has 1 saturated carbocycles. The summed E-state index contributed by atoms with van der Waals surface area (Å²) in [4.78, 5) is 4.26. The zero-order chi connectivity index (χ0) is 11.9. The van der Waals surface area contributed by atoms with Gasteiger partial charge in [0.25, 0.3) is 0 Å². The van der Waals surface area contributed by atoms with Gasteiger partial charge in [-0.3, -0.25) is 0 Å². The van der Waals surface area contributed by atoms with E-state index < -0.39 is 0 Å². The highest BCUT2D eigenvalue weighted by molar-refractivity contribution is 4.99. The number of hydrogen-bond acceptors (Lipinski definition) is 4. The third kappa shape index (κ3) is 4.04. The molecule has 1 aromatic rings. The lowest BCUT2D eigenvalue weighted by molar-refractivity contribution is 0.179. The van der Waals surface area contributed by atoms with Gasteiger partial charge >= 0.3 is 6.08 Å². The molecule has 1 aromatic heterocycles. The van der Waals surface area contributed by atoms with E-state index in [1.807, 2.05) is 7.05 Å². The molecule has 0 spiro atoms. The Morgan fingerprint density at radius 1 is 1.35 bits per heavy atom. The summed E-state index contributed by atoms with van der Waals surface area (Å²) in [6.45, 7) is 1.47. The van der Waals surface area contributed by atoms with Crippen molar-refractivity contribution in [1.82, 2.24) is 10.3 Å². The van der Waals surface area contributed by atoms with Crippen LogP contribution in [0.1, 0.15) is 44.2 Å². The summed E-state index contributed by atoms with van der Waals surface area (Å²) < 4.78 is 10.9. The van der Waals surface area contributed by atoms with E-state index in [-0.39, 0.29) is 0 Å². The van der Waals surface area contributed by atoms with Crippen molar-refractivity contribution >= 4 is 0 Å². The van der Waals surface area contributed by atoms with Gasteiger partial charge in [0.1, 0.15) is 6.26 Å². The van der Waals surface area contributed by atoms with E-state index in [0.29, 0.717) is 12.0 Å². The number of nitrogens with one attached hydrogen (secondary N) is 1. The smallest absolute Gasteiger partial charge is 0.393 e. The molecule has 1 heterocycles. The number of aromatic nitrogens is 1. The van der Waals surface area contributed by atoms with Gasteiger partial charge < -0.3 is 14.5 Å². The first-order valence-electron chi connectivity index (χ1n) is 6.60. The second-order valence-electron chi connectivity index (χ2n) is 4.80. The molecule has 4 nitrogen and oxygen atoms in total. The number of nitrogens with zero attached hydrogens (tertiary/aromatic N) is 1. The van der Waals surface area contributed by atoms with E-state index in [1.165, 1.54) is 38.5 Å². The van der Waals surface area contributed by atoms with Gasteiger partial charge in [0.05, 0.1) is 12.3 Å². The largest absolute Gasteiger partial charge is 0.450 e. The van der Waals surface area contributed by atoms with E-state index in [9.17, 15) is 0 Å². The van der Waals surface area contributed by atoms with Gasteiger partial charge in [0.15, 0.2) is 0 Å². The monoisotopic (exact) mass is 238 g/mol. The van der Waals surface area contributed by atoms with E-state index in [4.69, 9.17) is 9.15 Å². The third-order valence-electron chi connectivity index (χ3n) is 3.31. The second kappa shape index (κ2) is 6.64. The highest BCUT2D eigenvalue weighted by Crippen LogP contribution is 2.23. The molecule has 1 N–H and O–H groups in total. The summed E-state index contributed by atoms with van der Waals surface area (Å²) in [5.41, 5.74) is 0.892. The van der Waals surface area contributed by atoms with Gasteiger partial charge in [0, 0.05) is 6.54 Å². The fourth-order valence-corrected chi connectivity index (χ4v) is 2.34. The molecule has 0 unspecified atom stereocenters. The standard InChI is InChI=1S/C13H22N2O2/c1-14-8-12-10-17-13(15-12)16-9-11-6-4-2-3-5-7-11/h10-11,14H,2-9H2,1H3. The maximum Gasteiger partial charge on any atom is 0.393 e. The minimum atomic E-state index is 0.416. The first-order chi connectivity index (χ1) is 8.38. The van der Waals surface area contributed by atoms with Gasteiger partial charge in [-0.2, -0.15) is 4.98 Å². The molecule has 2 rings (SSSR count). The Morgan fingerprint density at radius 2 is 2.12 bits per heavy atom. The summed E-state index contributed by atoms with van der Waals surface area (Å²) in [5, 5.41) is 3.03. The molecular formula is C13H22N2O2. The summed E-state index contributed by atoms with van der Waals surface area (Å²) in [7, 11) is 1.89. The zero-order valence-electron chi connectivity index (χ0n) is 10.6. The maximum atomic E-state index is 5.62. The lowest BCUT2D eigenvalue weighted by Gasteiger charge is -2.12. The molecule has 1 aliphatic rings. The average Bonchev–Trinajstić information content (AvgIpc) is 2.63. The fourth-order valence-electron chi connectivity index (χ4n) is 2.34. The van der Waals surface area contributed by atoms with Crippen molar-refractivity contribution in [3.05, 3.63) is 12.0 Å². The summed E-state index contributed by atoms with van der Waals surface area (Å²) in [6, 6.07) is 0. The quantitative estimate of drug-likeness (QED) is 0.801. The highest BCUT2D eigenvalue weighted by atomic mass is 16.6. The maximum absolute atomic E-state index is 5.62. The Balaban J connectivity index is 1.75. The molecule has 0 amide bonds. The Kier molecular flexibility index (Phi) is 4.86. The molecule has 17 heavy (non-hydrogen) atoms. The van der Waals surface area contributed by atoms with Crippen molar-refractivity contribution in [3.8, 4) is 6.08 Å². The van der Waals surface area contributed by atoms with Gasteiger partial charge in [-0.05, 0) is 25.8 Å². The fraction of sp³-hybridized carbons (Fsp3) is 0.769. The van der Waals surface area contributed by atoms with Crippen molar-refractivity contribution in [2.45, 2.75) is 45.1 Å². The van der Waals surface area contributed by atoms with Crippen LogP contribution in [0.4, 0.5) is 0 Å². The van der Waals surface area contributed by atoms with Crippen LogP contribution in [0.15, 0.2) is 10.7 Å². The molecule has 1 fully saturated rings. The molecule has 0 radical (unpaired) electrons. The number of hydrogen-bond donors (Lipinski definition) is 1. The lowest BCUT2D eigenvalue weighted by atomic mass is 10.0. The highest BCUT2D eigenvalue weighted by Gasteiger charge is 2.14. The van der Waals surface area contributed by atoms with Crippen LogP contribution < -0.4 is 10.1 Å². The summed E-state index contributed by atoms with van der Waals surface area (Å²) >= 11 is 0. The van der Waals surface area contributed by atoms with Crippen LogP contribution in [0.25, 0.3) is 0 Å². The van der Waals surface area contributed by atoms with Crippen LogP contribution in [-0.2, 0) is 6.54 Å². The summed E-state index contributed by atoms with van der Waals surface area (Å²) in [5.74, 6) is 0.678. The predicted molar refractivity (Wildman–Crippen MR) is 66.0 cm³/mol. The third-order valence-corrected chi connectivity index (χ3v) is 3.31. The van der Waals surface area contributed by atoms with Crippen molar-refractivity contribution in [2.24, 2.45) is 5.92 Å². The molecule has 1 aliphatic carbocycles. The van der Waals surface area contributed by atoms with Crippen LogP contribution in [0, 0.1) is 5.92 Å². The molecule has 0 aliphatic heterocycles. The minimum Gasteiger partial charge on any atom is -0.450 e. The number of rotatable bonds is 5. The Hall–Kier alpha value is -1.03. The van der Waals surface area contributed by atoms with E-state index >= 15 is 0 Å². The molecule has 4 heteroatoms. The number of ether oxygens (including phenoxy) is 1. The molecule has 96 valence electrons. The second-order valence-corrected chi connectivity index (χ2v) is 4.80.